The van der Waals surface area contributed by atoms with E-state index in [0.29, 0.717) is 12.4 Å². The van der Waals surface area contributed by atoms with Gasteiger partial charge in [0.1, 0.15) is 0 Å². The van der Waals surface area contributed by atoms with Gasteiger partial charge in [-0.1, -0.05) is 6.07 Å². The Balaban J connectivity index is 3.09. The van der Waals surface area contributed by atoms with Gasteiger partial charge in [-0.05, 0) is 26.0 Å². The highest BCUT2D eigenvalue weighted by molar-refractivity contribution is 6.02. The lowest BCUT2D eigenvalue weighted by Crippen LogP contribution is -2.26. The van der Waals surface area contributed by atoms with Gasteiger partial charge in [0.15, 0.2) is 17.3 Å². The number of hydrogen-bond acceptors (Lipinski definition) is 4. The Morgan fingerprint density at radius 2 is 2.27 bits per heavy atom. The number of carbonyl (C=O) groups excluding carboxylic acids is 1. The zero-order chi connectivity index (χ0) is 11.4. The Hall–Kier alpha value is -1.55. The van der Waals surface area contributed by atoms with Crippen LogP contribution in [-0.4, -0.2) is 23.5 Å². The molecular formula is C11H15NO3. The topological polar surface area (TPSA) is 72.5 Å². The van der Waals surface area contributed by atoms with Gasteiger partial charge in [-0.15, -0.1) is 0 Å². The van der Waals surface area contributed by atoms with Crippen molar-refractivity contribution >= 4 is 5.78 Å². The summed E-state index contributed by atoms with van der Waals surface area (Å²) in [5.74, 6) is -0.125. The number of phenolic OH excluding ortho intramolecular Hbond substituents is 1. The van der Waals surface area contributed by atoms with Gasteiger partial charge in [0, 0.05) is 0 Å². The maximum atomic E-state index is 11.6. The van der Waals surface area contributed by atoms with Gasteiger partial charge >= 0.3 is 0 Å². The van der Waals surface area contributed by atoms with Crippen LogP contribution in [0.3, 0.4) is 0 Å². The molecule has 82 valence electrons. The fourth-order valence-electron chi connectivity index (χ4n) is 1.24. The van der Waals surface area contributed by atoms with Crippen LogP contribution in [0.15, 0.2) is 18.2 Å². The first-order valence-corrected chi connectivity index (χ1v) is 4.82. The van der Waals surface area contributed by atoms with Gasteiger partial charge in [0.2, 0.25) is 0 Å². The summed E-state index contributed by atoms with van der Waals surface area (Å²) in [6.07, 6.45) is 0. The normalized spacial score (nSPS) is 12.2. The van der Waals surface area contributed by atoms with Crippen LogP contribution in [0.5, 0.6) is 11.5 Å². The molecule has 4 nitrogen and oxygen atoms in total. The highest BCUT2D eigenvalue weighted by Gasteiger charge is 2.17. The summed E-state index contributed by atoms with van der Waals surface area (Å²) < 4.78 is 5.16. The summed E-state index contributed by atoms with van der Waals surface area (Å²) in [5.41, 5.74) is 5.66. The second-order valence-corrected chi connectivity index (χ2v) is 3.24. The fraction of sp³-hybridized carbons (Fsp3) is 0.364. The summed E-state index contributed by atoms with van der Waals surface area (Å²) in [5, 5.41) is 9.74. The first-order chi connectivity index (χ1) is 7.07. The molecule has 0 saturated heterocycles. The number of hydrogen-bond donors (Lipinski definition) is 2. The highest BCUT2D eigenvalue weighted by atomic mass is 16.5. The number of carbonyl (C=O) groups is 1. The first-order valence-electron chi connectivity index (χ1n) is 4.82. The number of ketones is 1. The molecular weight excluding hydrogens is 194 g/mol. The predicted molar refractivity (Wildman–Crippen MR) is 57.3 cm³/mol. The SMILES string of the molecule is CCOc1cccc(C(=O)C(C)N)c1O. The smallest absolute Gasteiger partial charge is 0.183 e. The maximum absolute atomic E-state index is 11.6. The monoisotopic (exact) mass is 209 g/mol. The van der Waals surface area contributed by atoms with Crippen LogP contribution < -0.4 is 10.5 Å². The molecule has 0 aromatic heterocycles. The molecule has 0 spiro atoms. The largest absolute Gasteiger partial charge is 0.504 e. The number of benzene rings is 1. The van der Waals surface area contributed by atoms with E-state index in [0.717, 1.165) is 0 Å². The van der Waals surface area contributed by atoms with Crippen LogP contribution >= 0.6 is 0 Å². The lowest BCUT2D eigenvalue weighted by Gasteiger charge is -2.10. The summed E-state index contributed by atoms with van der Waals surface area (Å²) in [6.45, 7) is 3.82. The van der Waals surface area contributed by atoms with Gasteiger partial charge in [-0.2, -0.15) is 0 Å². The Labute approximate surface area is 88.7 Å². The van der Waals surface area contributed by atoms with Crippen LogP contribution in [0, 0.1) is 0 Å². The third-order valence-electron chi connectivity index (χ3n) is 1.98. The van der Waals surface area contributed by atoms with Crippen molar-refractivity contribution in [2.24, 2.45) is 5.73 Å². The van der Waals surface area contributed by atoms with Gasteiger partial charge in [-0.3, -0.25) is 4.79 Å². The van der Waals surface area contributed by atoms with E-state index in [-0.39, 0.29) is 17.1 Å². The third-order valence-corrected chi connectivity index (χ3v) is 1.98. The number of para-hydroxylation sites is 1. The van der Waals surface area contributed by atoms with Crippen LogP contribution in [-0.2, 0) is 0 Å². The lowest BCUT2D eigenvalue weighted by atomic mass is 10.0. The van der Waals surface area contributed by atoms with Crippen molar-refractivity contribution in [1.82, 2.24) is 0 Å². The Morgan fingerprint density at radius 1 is 1.60 bits per heavy atom. The molecule has 0 radical (unpaired) electrons. The molecule has 1 atom stereocenters. The van der Waals surface area contributed by atoms with Crippen molar-refractivity contribution in [2.75, 3.05) is 6.61 Å². The summed E-state index contributed by atoms with van der Waals surface area (Å²) in [6, 6.07) is 4.16. The second kappa shape index (κ2) is 4.79. The number of nitrogens with two attached hydrogens (primary N) is 1. The standard InChI is InChI=1S/C11H15NO3/c1-3-15-9-6-4-5-8(11(9)14)10(13)7(2)12/h4-7,14H,3,12H2,1-2H3. The Morgan fingerprint density at radius 3 is 2.80 bits per heavy atom. The quantitative estimate of drug-likeness (QED) is 0.733. The van der Waals surface area contributed by atoms with Crippen LogP contribution in [0.2, 0.25) is 0 Å². The Kier molecular flexibility index (Phi) is 3.68. The number of ether oxygens (including phenoxy) is 1. The van der Waals surface area contributed by atoms with E-state index in [4.69, 9.17) is 10.5 Å². The van der Waals surface area contributed by atoms with Crippen LogP contribution in [0.4, 0.5) is 0 Å². The van der Waals surface area contributed by atoms with Crippen LogP contribution in [0.25, 0.3) is 0 Å². The average molecular weight is 209 g/mol. The lowest BCUT2D eigenvalue weighted by molar-refractivity contribution is 0.0964. The summed E-state index contributed by atoms with van der Waals surface area (Å²) >= 11 is 0. The van der Waals surface area contributed by atoms with Crippen molar-refractivity contribution in [2.45, 2.75) is 19.9 Å². The van der Waals surface area contributed by atoms with E-state index in [2.05, 4.69) is 0 Å². The minimum atomic E-state index is -0.632. The second-order valence-electron chi connectivity index (χ2n) is 3.24. The van der Waals surface area contributed by atoms with E-state index < -0.39 is 6.04 Å². The Bertz CT molecular complexity index is 361. The average Bonchev–Trinajstić information content (AvgIpc) is 2.20. The van der Waals surface area contributed by atoms with E-state index in [9.17, 15) is 9.90 Å². The van der Waals surface area contributed by atoms with Gasteiger partial charge in [0.25, 0.3) is 0 Å². The molecule has 1 aromatic rings. The van der Waals surface area contributed by atoms with Crippen molar-refractivity contribution in [3.63, 3.8) is 0 Å². The highest BCUT2D eigenvalue weighted by Crippen LogP contribution is 2.30. The van der Waals surface area contributed by atoms with Crippen LogP contribution in [0.1, 0.15) is 24.2 Å². The zero-order valence-corrected chi connectivity index (χ0v) is 8.86. The molecule has 1 unspecified atom stereocenters. The zero-order valence-electron chi connectivity index (χ0n) is 8.86. The van der Waals surface area contributed by atoms with E-state index >= 15 is 0 Å². The van der Waals surface area contributed by atoms with Gasteiger partial charge in [0.05, 0.1) is 18.2 Å². The van der Waals surface area contributed by atoms with Crippen molar-refractivity contribution in [3.8, 4) is 11.5 Å². The molecule has 15 heavy (non-hydrogen) atoms. The molecule has 1 aromatic carbocycles. The maximum Gasteiger partial charge on any atom is 0.183 e. The summed E-state index contributed by atoms with van der Waals surface area (Å²) in [4.78, 5) is 11.6. The van der Waals surface area contributed by atoms with E-state index in [1.807, 2.05) is 0 Å². The molecule has 4 heteroatoms. The van der Waals surface area contributed by atoms with E-state index in [1.165, 1.54) is 6.07 Å². The number of Topliss-reactive ketones (excluding diaryl/α,β-unsaturated/α-hetero) is 1. The molecule has 0 heterocycles. The minimum Gasteiger partial charge on any atom is -0.504 e. The van der Waals surface area contributed by atoms with Crippen molar-refractivity contribution in [3.05, 3.63) is 23.8 Å². The molecule has 0 saturated carbocycles. The van der Waals surface area contributed by atoms with Crippen molar-refractivity contribution < 1.29 is 14.6 Å². The summed E-state index contributed by atoms with van der Waals surface area (Å²) in [7, 11) is 0. The van der Waals surface area contributed by atoms with Gasteiger partial charge in [-0.25, -0.2) is 0 Å². The minimum absolute atomic E-state index is 0.137. The molecule has 1 rings (SSSR count). The molecule has 0 aliphatic heterocycles. The molecule has 0 fully saturated rings. The predicted octanol–water partition coefficient (Wildman–Crippen LogP) is 1.32. The molecule has 3 N–H and O–H groups in total. The third kappa shape index (κ3) is 2.47. The first kappa shape index (κ1) is 11.5. The molecule has 0 aliphatic rings. The van der Waals surface area contributed by atoms with Gasteiger partial charge < -0.3 is 15.6 Å². The van der Waals surface area contributed by atoms with E-state index in [1.54, 1.807) is 26.0 Å². The van der Waals surface area contributed by atoms with Crippen molar-refractivity contribution in [1.29, 1.82) is 0 Å². The number of rotatable bonds is 4. The number of phenols is 1. The number of aromatic hydroxyl groups is 1. The molecule has 0 bridgehead atoms. The molecule has 0 amide bonds. The fourth-order valence-corrected chi connectivity index (χ4v) is 1.24. The molecule has 0 aliphatic carbocycles.